The standard InChI is InChI=1S/C8H20NO6P/c1-3-13-16(12,14-4-2)15-9(5-7-10)6-8-11/h10-11H,3-8H2,1-2H3. The lowest BCUT2D eigenvalue weighted by Crippen LogP contribution is -2.29. The van der Waals surface area contributed by atoms with Gasteiger partial charge in [-0.1, -0.05) is 0 Å². The molecule has 0 aliphatic heterocycles. The van der Waals surface area contributed by atoms with Crippen molar-refractivity contribution in [2.45, 2.75) is 13.8 Å². The summed E-state index contributed by atoms with van der Waals surface area (Å²) < 4.78 is 26.7. The number of phosphoric ester groups is 1. The second kappa shape index (κ2) is 9.07. The molecule has 0 atom stereocenters. The molecule has 0 spiro atoms. The van der Waals surface area contributed by atoms with Crippen LogP contribution in [-0.2, 0) is 18.2 Å². The van der Waals surface area contributed by atoms with E-state index in [9.17, 15) is 4.57 Å². The van der Waals surface area contributed by atoms with Gasteiger partial charge in [0.1, 0.15) is 0 Å². The zero-order valence-corrected chi connectivity index (χ0v) is 10.6. The lowest BCUT2D eigenvalue weighted by Gasteiger charge is -2.24. The molecule has 0 radical (unpaired) electrons. The number of phosphoric acid groups is 1. The van der Waals surface area contributed by atoms with Gasteiger partial charge in [0.2, 0.25) is 0 Å². The third kappa shape index (κ3) is 6.55. The molecule has 0 aromatic carbocycles. The Morgan fingerprint density at radius 1 is 1.06 bits per heavy atom. The van der Waals surface area contributed by atoms with Crippen molar-refractivity contribution in [1.82, 2.24) is 5.06 Å². The highest BCUT2D eigenvalue weighted by molar-refractivity contribution is 7.48. The van der Waals surface area contributed by atoms with Crippen LogP contribution in [0.15, 0.2) is 0 Å². The summed E-state index contributed by atoms with van der Waals surface area (Å²) in [4.78, 5) is 0. The van der Waals surface area contributed by atoms with Crippen LogP contribution in [0.1, 0.15) is 13.8 Å². The normalized spacial score (nSPS) is 12.3. The average molecular weight is 257 g/mol. The number of aliphatic hydroxyl groups is 2. The predicted molar refractivity (Wildman–Crippen MR) is 57.7 cm³/mol. The van der Waals surface area contributed by atoms with Gasteiger partial charge in [0.15, 0.2) is 0 Å². The fraction of sp³-hybridized carbons (Fsp3) is 1.00. The van der Waals surface area contributed by atoms with E-state index in [1.54, 1.807) is 13.8 Å². The Kier molecular flexibility index (Phi) is 9.06. The van der Waals surface area contributed by atoms with Crippen molar-refractivity contribution in [2.24, 2.45) is 0 Å². The smallest absolute Gasteiger partial charge is 0.395 e. The third-order valence-electron chi connectivity index (χ3n) is 1.49. The quantitative estimate of drug-likeness (QED) is 0.432. The molecule has 0 bridgehead atoms. The van der Waals surface area contributed by atoms with E-state index in [1.807, 2.05) is 0 Å². The van der Waals surface area contributed by atoms with Crippen LogP contribution in [0, 0.1) is 0 Å². The van der Waals surface area contributed by atoms with Gasteiger partial charge in [0, 0.05) is 13.1 Å². The van der Waals surface area contributed by atoms with Gasteiger partial charge in [-0.15, -0.1) is 0 Å². The van der Waals surface area contributed by atoms with Crippen molar-refractivity contribution in [3.05, 3.63) is 0 Å². The minimum absolute atomic E-state index is 0.116. The summed E-state index contributed by atoms with van der Waals surface area (Å²) in [5.74, 6) is 0. The first kappa shape index (κ1) is 16.0. The van der Waals surface area contributed by atoms with Gasteiger partial charge in [-0.05, 0) is 13.8 Å². The highest BCUT2D eigenvalue weighted by atomic mass is 31.2. The number of hydroxylamine groups is 2. The van der Waals surface area contributed by atoms with Crippen LogP contribution in [0.3, 0.4) is 0 Å². The van der Waals surface area contributed by atoms with Crippen LogP contribution < -0.4 is 0 Å². The summed E-state index contributed by atoms with van der Waals surface area (Å²) in [7, 11) is -3.63. The number of nitrogens with zero attached hydrogens (tertiary/aromatic N) is 1. The lowest BCUT2D eigenvalue weighted by atomic mass is 10.6. The molecule has 0 rings (SSSR count). The van der Waals surface area contributed by atoms with Crippen LogP contribution in [0.25, 0.3) is 0 Å². The van der Waals surface area contributed by atoms with Gasteiger partial charge in [-0.25, -0.2) is 4.57 Å². The van der Waals surface area contributed by atoms with Gasteiger partial charge < -0.3 is 10.2 Å². The molecule has 0 amide bonds. The Bertz CT molecular complexity index is 199. The lowest BCUT2D eigenvalue weighted by molar-refractivity contribution is -0.104. The molecular weight excluding hydrogens is 237 g/mol. The Balaban J connectivity index is 4.36. The summed E-state index contributed by atoms with van der Waals surface area (Å²) in [6.45, 7) is 3.56. The molecule has 0 fully saturated rings. The second-order valence-corrected chi connectivity index (χ2v) is 4.31. The SMILES string of the molecule is CCOP(=O)(OCC)ON(CCO)CCO. The van der Waals surface area contributed by atoms with Crippen molar-refractivity contribution in [2.75, 3.05) is 39.5 Å². The molecule has 0 unspecified atom stereocenters. The van der Waals surface area contributed by atoms with Crippen LogP contribution in [0.2, 0.25) is 0 Å². The molecular formula is C8H20NO6P. The Labute approximate surface area is 95.5 Å². The maximum Gasteiger partial charge on any atom is 0.491 e. The predicted octanol–water partition coefficient (Wildman–Crippen LogP) is 0.386. The molecule has 7 nitrogen and oxygen atoms in total. The van der Waals surface area contributed by atoms with E-state index in [0.717, 1.165) is 5.06 Å². The van der Waals surface area contributed by atoms with Crippen LogP contribution in [0.5, 0.6) is 0 Å². The van der Waals surface area contributed by atoms with Crippen LogP contribution >= 0.6 is 7.82 Å². The summed E-state index contributed by atoms with van der Waals surface area (Å²) in [6, 6.07) is 0. The molecule has 2 N–H and O–H groups in total. The molecule has 98 valence electrons. The summed E-state index contributed by atoms with van der Waals surface area (Å²) in [6.07, 6.45) is 0. The van der Waals surface area contributed by atoms with Crippen molar-refractivity contribution in [1.29, 1.82) is 0 Å². The van der Waals surface area contributed by atoms with E-state index >= 15 is 0 Å². The molecule has 16 heavy (non-hydrogen) atoms. The monoisotopic (exact) mass is 257 g/mol. The third-order valence-corrected chi connectivity index (χ3v) is 3.07. The van der Waals surface area contributed by atoms with Crippen molar-refractivity contribution < 1.29 is 28.5 Å². The number of rotatable bonds is 10. The summed E-state index contributed by atoms with van der Waals surface area (Å²) in [5.41, 5.74) is 0. The minimum Gasteiger partial charge on any atom is -0.395 e. The highest BCUT2D eigenvalue weighted by Crippen LogP contribution is 2.49. The van der Waals surface area contributed by atoms with Gasteiger partial charge >= 0.3 is 7.82 Å². The van der Waals surface area contributed by atoms with Gasteiger partial charge in [-0.2, -0.15) is 9.69 Å². The van der Waals surface area contributed by atoms with E-state index < -0.39 is 7.82 Å². The zero-order chi connectivity index (χ0) is 12.4. The molecule has 0 saturated heterocycles. The van der Waals surface area contributed by atoms with E-state index in [2.05, 4.69) is 0 Å². The zero-order valence-electron chi connectivity index (χ0n) is 9.66. The number of hydrogen-bond acceptors (Lipinski definition) is 7. The second-order valence-electron chi connectivity index (χ2n) is 2.74. The molecule has 0 aliphatic rings. The maximum atomic E-state index is 11.9. The van der Waals surface area contributed by atoms with Gasteiger partial charge in [0.25, 0.3) is 0 Å². The van der Waals surface area contributed by atoms with Crippen molar-refractivity contribution in [3.8, 4) is 0 Å². The van der Waals surface area contributed by atoms with Crippen LogP contribution in [0.4, 0.5) is 0 Å². The molecule has 0 aliphatic carbocycles. The topological polar surface area (TPSA) is 88.5 Å². The largest absolute Gasteiger partial charge is 0.491 e. The molecule has 8 heteroatoms. The van der Waals surface area contributed by atoms with Crippen molar-refractivity contribution in [3.63, 3.8) is 0 Å². The molecule has 0 heterocycles. The number of hydrogen-bond donors (Lipinski definition) is 2. The van der Waals surface area contributed by atoms with Gasteiger partial charge in [-0.3, -0.25) is 9.05 Å². The van der Waals surface area contributed by atoms with E-state index in [-0.39, 0.29) is 39.5 Å². The summed E-state index contributed by atoms with van der Waals surface area (Å²) in [5, 5.41) is 18.6. The first-order chi connectivity index (χ1) is 7.61. The van der Waals surface area contributed by atoms with E-state index in [1.165, 1.54) is 0 Å². The highest BCUT2D eigenvalue weighted by Gasteiger charge is 2.29. The summed E-state index contributed by atoms with van der Waals surface area (Å²) >= 11 is 0. The molecule has 0 saturated carbocycles. The minimum atomic E-state index is -3.63. The first-order valence-electron chi connectivity index (χ1n) is 5.17. The fourth-order valence-electron chi connectivity index (χ4n) is 0.959. The molecule has 0 aromatic rings. The maximum absolute atomic E-state index is 11.9. The Hall–Kier alpha value is -0.0100. The van der Waals surface area contributed by atoms with E-state index in [4.69, 9.17) is 23.9 Å². The fourth-order valence-corrected chi connectivity index (χ4v) is 2.21. The Morgan fingerprint density at radius 2 is 1.50 bits per heavy atom. The van der Waals surface area contributed by atoms with E-state index in [0.29, 0.717) is 0 Å². The first-order valence-corrected chi connectivity index (χ1v) is 6.63. The van der Waals surface area contributed by atoms with Crippen LogP contribution in [-0.4, -0.2) is 54.8 Å². The Morgan fingerprint density at radius 3 is 1.81 bits per heavy atom. The van der Waals surface area contributed by atoms with Crippen molar-refractivity contribution >= 4 is 7.82 Å². The van der Waals surface area contributed by atoms with Gasteiger partial charge in [0.05, 0.1) is 26.4 Å². The number of aliphatic hydroxyl groups excluding tert-OH is 2. The molecule has 0 aromatic heterocycles. The average Bonchev–Trinajstić information content (AvgIpc) is 2.18.